The lowest BCUT2D eigenvalue weighted by molar-refractivity contribution is -0.689. The summed E-state index contributed by atoms with van der Waals surface area (Å²) >= 11 is 0. The monoisotopic (exact) mass is 1040 g/mol. The molecule has 0 unspecified atom stereocenters. The molecule has 374 valence electrons. The summed E-state index contributed by atoms with van der Waals surface area (Å²) in [4.78, 5) is 4.67. The molecule has 9 aromatic rings. The van der Waals surface area contributed by atoms with Crippen LogP contribution in [0.2, 0.25) is 0 Å². The van der Waals surface area contributed by atoms with Crippen molar-refractivity contribution in [2.45, 2.75) is 13.0 Å². The molecule has 0 bridgehead atoms. The SMILES string of the molecule is Fc1c(F)c(F)c([B-](c2c(F)c(F)c(F)c(F)c2F)(c2c(F)c(F)c(F)c(F)c2F)c2c(F)c(F)c(F)c(F)c2F)c(F)c1F.c1ccc(C[n+]2ccnc(Cc3c4ccccc4cc4ccccc34)c2)cc1. The Balaban J connectivity index is 0.000000216. The Morgan fingerprint density at radius 3 is 1.00 bits per heavy atom. The van der Waals surface area contributed by atoms with Crippen LogP contribution in [0.5, 0.6) is 0 Å². The second-order valence-corrected chi connectivity index (χ2v) is 16.0. The van der Waals surface area contributed by atoms with Gasteiger partial charge in [-0.1, -0.05) is 78.9 Å². The van der Waals surface area contributed by atoms with Crippen LogP contribution in [0.3, 0.4) is 0 Å². The number of hydrogen-bond acceptors (Lipinski definition) is 1. The van der Waals surface area contributed by atoms with Gasteiger partial charge in [0.1, 0.15) is 58.4 Å². The summed E-state index contributed by atoms with van der Waals surface area (Å²) in [6.07, 6.45) is -0.282. The van der Waals surface area contributed by atoms with Crippen LogP contribution in [0, 0.1) is 116 Å². The zero-order valence-corrected chi connectivity index (χ0v) is 35.8. The van der Waals surface area contributed by atoms with E-state index in [0.29, 0.717) is 0 Å². The molecule has 8 aromatic carbocycles. The van der Waals surface area contributed by atoms with Crippen molar-refractivity contribution in [3.05, 3.63) is 237 Å². The van der Waals surface area contributed by atoms with Gasteiger partial charge in [-0.15, -0.1) is 21.9 Å². The third-order valence-electron chi connectivity index (χ3n) is 12.0. The van der Waals surface area contributed by atoms with E-state index in [9.17, 15) is 52.7 Å². The number of rotatable bonds is 8. The van der Waals surface area contributed by atoms with Crippen molar-refractivity contribution in [1.82, 2.24) is 4.98 Å². The third kappa shape index (κ3) is 8.32. The Hall–Kier alpha value is -7.98. The molecular formula is C50H21BF20N2. The lowest BCUT2D eigenvalue weighted by atomic mass is 9.12. The average Bonchev–Trinajstić information content (AvgIpc) is 3.39. The predicted octanol–water partition coefficient (Wildman–Crippen LogP) is 11.2. The Bertz CT molecular complexity index is 3270. The molecule has 0 aliphatic rings. The first-order chi connectivity index (χ1) is 34.6. The average molecular weight is 1040 g/mol. The van der Waals surface area contributed by atoms with Gasteiger partial charge in [-0.05, 0) is 33.2 Å². The zero-order valence-electron chi connectivity index (χ0n) is 35.8. The Morgan fingerprint density at radius 2 is 0.658 bits per heavy atom. The minimum atomic E-state index is -7.22. The second-order valence-electron chi connectivity index (χ2n) is 16.0. The molecule has 1 heterocycles. The van der Waals surface area contributed by atoms with Crippen LogP contribution in [-0.4, -0.2) is 11.1 Å². The molecule has 0 aliphatic carbocycles. The number of benzene rings is 8. The van der Waals surface area contributed by atoms with Crippen LogP contribution >= 0.6 is 0 Å². The van der Waals surface area contributed by atoms with E-state index >= 15 is 35.1 Å². The maximum atomic E-state index is 15.4. The minimum Gasteiger partial charge on any atom is -0.248 e. The highest BCUT2D eigenvalue weighted by atomic mass is 19.2. The lowest BCUT2D eigenvalue weighted by Crippen LogP contribution is -2.81. The Labute approximate surface area is 395 Å². The Morgan fingerprint density at radius 1 is 0.356 bits per heavy atom. The molecule has 1 aromatic heterocycles. The van der Waals surface area contributed by atoms with Crippen LogP contribution < -0.4 is 26.4 Å². The normalized spacial score (nSPS) is 11.7. The van der Waals surface area contributed by atoms with Crippen LogP contribution in [0.25, 0.3) is 21.5 Å². The van der Waals surface area contributed by atoms with Crippen molar-refractivity contribution in [2.24, 2.45) is 0 Å². The first kappa shape index (κ1) is 51.4. The molecule has 0 amide bonds. The molecule has 9 rings (SSSR count). The van der Waals surface area contributed by atoms with E-state index < -0.39 is 144 Å². The lowest BCUT2D eigenvalue weighted by Gasteiger charge is -2.44. The van der Waals surface area contributed by atoms with Crippen LogP contribution in [-0.2, 0) is 13.0 Å². The van der Waals surface area contributed by atoms with Gasteiger partial charge >= 0.3 is 0 Å². The van der Waals surface area contributed by atoms with Crippen LogP contribution in [0.15, 0.2) is 104 Å². The Kier molecular flexibility index (Phi) is 13.8. The fourth-order valence-corrected chi connectivity index (χ4v) is 8.82. The summed E-state index contributed by atoms with van der Waals surface area (Å²) in [6.45, 7) is 0.854. The molecule has 0 atom stereocenters. The summed E-state index contributed by atoms with van der Waals surface area (Å²) in [6, 6.07) is 30.1. The van der Waals surface area contributed by atoms with E-state index in [1.807, 2.05) is 12.4 Å². The molecule has 0 N–H and O–H groups in total. The predicted molar refractivity (Wildman–Crippen MR) is 223 cm³/mol. The van der Waals surface area contributed by atoms with E-state index in [1.165, 1.54) is 32.7 Å². The van der Waals surface area contributed by atoms with Gasteiger partial charge < -0.3 is 0 Å². The number of aromatic nitrogens is 2. The molecule has 23 heteroatoms. The van der Waals surface area contributed by atoms with Crippen molar-refractivity contribution in [2.75, 3.05) is 0 Å². The van der Waals surface area contributed by atoms with Gasteiger partial charge in [0.25, 0.3) is 0 Å². The van der Waals surface area contributed by atoms with E-state index in [4.69, 9.17) is 0 Å². The third-order valence-corrected chi connectivity index (χ3v) is 12.0. The molecular weight excluding hydrogens is 1020 g/mol. The van der Waals surface area contributed by atoms with Gasteiger partial charge in [0.2, 0.25) is 0 Å². The van der Waals surface area contributed by atoms with E-state index in [0.717, 1.165) is 18.7 Å². The first-order valence-electron chi connectivity index (χ1n) is 20.6. The molecule has 73 heavy (non-hydrogen) atoms. The maximum Gasteiger partial charge on any atom is 0.200 e. The smallest absolute Gasteiger partial charge is 0.200 e. The first-order valence-corrected chi connectivity index (χ1v) is 20.6. The number of fused-ring (bicyclic) bond motifs is 2. The van der Waals surface area contributed by atoms with Gasteiger partial charge in [-0.3, -0.25) is 0 Å². The summed E-state index contributed by atoms with van der Waals surface area (Å²) in [5.74, 6) is -71.4. The van der Waals surface area contributed by atoms with Crippen molar-refractivity contribution in [3.8, 4) is 0 Å². The fourth-order valence-electron chi connectivity index (χ4n) is 8.82. The molecule has 0 aliphatic heterocycles. The quantitative estimate of drug-likeness (QED) is 0.0370. The van der Waals surface area contributed by atoms with Crippen molar-refractivity contribution < 1.29 is 92.4 Å². The van der Waals surface area contributed by atoms with E-state index in [1.54, 1.807) is 0 Å². The van der Waals surface area contributed by atoms with Gasteiger partial charge in [0.15, 0.2) is 88.7 Å². The van der Waals surface area contributed by atoms with Gasteiger partial charge in [-0.25, -0.2) is 92.8 Å². The molecule has 0 spiro atoms. The number of nitrogens with zero attached hydrogens (tertiary/aromatic N) is 2. The number of hydrogen-bond donors (Lipinski definition) is 0. The van der Waals surface area contributed by atoms with E-state index in [2.05, 4.69) is 101 Å². The second kappa shape index (κ2) is 19.6. The summed E-state index contributed by atoms with van der Waals surface area (Å²) in [5.41, 5.74) is -10.6. The maximum absolute atomic E-state index is 15.4. The largest absolute Gasteiger partial charge is 0.248 e. The van der Waals surface area contributed by atoms with Gasteiger partial charge in [-0.2, -0.15) is 4.57 Å². The summed E-state index contributed by atoms with van der Waals surface area (Å²) in [5, 5.41) is 5.18. The van der Waals surface area contributed by atoms with Gasteiger partial charge in [0, 0.05) is 12.0 Å². The zero-order chi connectivity index (χ0) is 53.1. The molecule has 2 nitrogen and oxygen atoms in total. The highest BCUT2D eigenvalue weighted by Crippen LogP contribution is 2.32. The van der Waals surface area contributed by atoms with Gasteiger partial charge in [0.05, 0.1) is 6.20 Å². The molecule has 0 saturated carbocycles. The van der Waals surface area contributed by atoms with E-state index in [-0.39, 0.29) is 0 Å². The number of halogens is 20. The summed E-state index contributed by atoms with van der Waals surface area (Å²) < 4.78 is 296. The standard InChI is InChI=1S/C26H21N2.C24BF20/c1-2-8-20(9-3-1)18-28-15-14-27-23(19-28)17-26-24-12-6-4-10-21(24)16-22-11-5-7-13-25(22)26;26-5-1(6(27)14(35)21(42)13(5)34)25(2-7(28)15(36)22(43)16(37)8(2)29,3-9(30)17(38)23(44)18(39)10(3)31)4-11(32)19(40)24(45)20(41)12(4)33/h1-16,19H,17-18H2;/q+1;-1. The van der Waals surface area contributed by atoms with Crippen molar-refractivity contribution >= 4 is 49.5 Å². The minimum absolute atomic E-state index is 0.817. The molecule has 0 radical (unpaired) electrons. The molecule has 0 saturated heterocycles. The topological polar surface area (TPSA) is 16.8 Å². The fraction of sp³-hybridized carbons (Fsp3) is 0.0400. The van der Waals surface area contributed by atoms with Crippen LogP contribution in [0.1, 0.15) is 16.8 Å². The van der Waals surface area contributed by atoms with Crippen molar-refractivity contribution in [1.29, 1.82) is 0 Å². The summed E-state index contributed by atoms with van der Waals surface area (Å²) in [7, 11) is 0. The van der Waals surface area contributed by atoms with Crippen molar-refractivity contribution in [3.63, 3.8) is 0 Å². The molecule has 0 fully saturated rings. The highest BCUT2D eigenvalue weighted by molar-refractivity contribution is 7.20. The highest BCUT2D eigenvalue weighted by Gasteiger charge is 2.52. The van der Waals surface area contributed by atoms with Crippen LogP contribution in [0.4, 0.5) is 87.8 Å².